The van der Waals surface area contributed by atoms with Crippen molar-refractivity contribution < 1.29 is 13.2 Å². The molecule has 27 heavy (non-hydrogen) atoms. The van der Waals surface area contributed by atoms with Crippen LogP contribution in [-0.4, -0.2) is 36.1 Å². The Bertz CT molecular complexity index is 692. The predicted octanol–water partition coefficient (Wildman–Crippen LogP) is 3.28. The lowest BCUT2D eigenvalue weighted by Gasteiger charge is -2.12. The number of anilines is 1. The molecule has 0 aliphatic rings. The van der Waals surface area contributed by atoms with Crippen molar-refractivity contribution in [2.45, 2.75) is 19.1 Å². The fourth-order valence-electron chi connectivity index (χ4n) is 2.08. The minimum absolute atomic E-state index is 0. The van der Waals surface area contributed by atoms with Crippen LogP contribution in [0.25, 0.3) is 0 Å². The first kappa shape index (κ1) is 22.9. The molecule has 0 bridgehead atoms. The molecule has 0 unspecified atom stereocenters. The average Bonchev–Trinajstić information content (AvgIpc) is 2.64. The van der Waals surface area contributed by atoms with Gasteiger partial charge in [0.25, 0.3) is 0 Å². The number of hydrogen-bond acceptors (Lipinski definition) is 4. The largest absolute Gasteiger partial charge is 0.417 e. The van der Waals surface area contributed by atoms with E-state index in [1.165, 1.54) is 6.07 Å². The smallest absolute Gasteiger partial charge is 0.370 e. The summed E-state index contributed by atoms with van der Waals surface area (Å²) in [5.41, 5.74) is 0.151. The summed E-state index contributed by atoms with van der Waals surface area (Å²) in [5.74, 6) is 1.07. The van der Waals surface area contributed by atoms with Gasteiger partial charge in [-0.3, -0.25) is 9.98 Å². The van der Waals surface area contributed by atoms with E-state index >= 15 is 0 Å². The van der Waals surface area contributed by atoms with Crippen LogP contribution in [0, 0.1) is 0 Å². The number of pyridine rings is 2. The Kier molecular flexibility index (Phi) is 9.83. The van der Waals surface area contributed by atoms with Crippen LogP contribution in [-0.2, 0) is 12.7 Å². The SMILES string of the molecule is CN=C(NCCCNc1ccc(C(F)(F)F)cn1)NCc1ccccn1.I. The number of guanidine groups is 1. The lowest BCUT2D eigenvalue weighted by molar-refractivity contribution is -0.137. The molecule has 148 valence electrons. The third kappa shape index (κ3) is 8.41. The van der Waals surface area contributed by atoms with E-state index in [-0.39, 0.29) is 24.0 Å². The monoisotopic (exact) mass is 494 g/mol. The van der Waals surface area contributed by atoms with E-state index in [0.29, 0.717) is 31.4 Å². The summed E-state index contributed by atoms with van der Waals surface area (Å²) in [6.45, 7) is 1.78. The molecule has 0 atom stereocenters. The Hall–Kier alpha value is -2.11. The van der Waals surface area contributed by atoms with Gasteiger partial charge in [0.2, 0.25) is 0 Å². The van der Waals surface area contributed by atoms with Crippen LogP contribution in [0.1, 0.15) is 17.7 Å². The average molecular weight is 494 g/mol. The van der Waals surface area contributed by atoms with Gasteiger partial charge in [-0.2, -0.15) is 13.2 Å². The van der Waals surface area contributed by atoms with E-state index < -0.39 is 11.7 Å². The normalized spacial score (nSPS) is 11.5. The van der Waals surface area contributed by atoms with Gasteiger partial charge >= 0.3 is 6.18 Å². The van der Waals surface area contributed by atoms with Crippen LogP contribution in [0.5, 0.6) is 0 Å². The van der Waals surface area contributed by atoms with E-state index in [1.54, 1.807) is 13.2 Å². The summed E-state index contributed by atoms with van der Waals surface area (Å²) in [6, 6.07) is 8.03. The maximum absolute atomic E-state index is 12.5. The van der Waals surface area contributed by atoms with Crippen LogP contribution in [0.3, 0.4) is 0 Å². The highest BCUT2D eigenvalue weighted by Gasteiger charge is 2.30. The predicted molar refractivity (Wildman–Crippen MR) is 110 cm³/mol. The van der Waals surface area contributed by atoms with Gasteiger partial charge in [-0.05, 0) is 30.7 Å². The molecule has 3 N–H and O–H groups in total. The second-order valence-corrected chi connectivity index (χ2v) is 5.38. The number of hydrogen-bond donors (Lipinski definition) is 3. The zero-order valence-electron chi connectivity index (χ0n) is 14.8. The molecular formula is C17H22F3IN6. The van der Waals surface area contributed by atoms with Crippen molar-refractivity contribution in [1.29, 1.82) is 0 Å². The molecule has 2 aromatic heterocycles. The van der Waals surface area contributed by atoms with E-state index in [2.05, 4.69) is 30.9 Å². The minimum Gasteiger partial charge on any atom is -0.370 e. The minimum atomic E-state index is -4.37. The number of alkyl halides is 3. The van der Waals surface area contributed by atoms with Crippen LogP contribution in [0.4, 0.5) is 19.0 Å². The van der Waals surface area contributed by atoms with Gasteiger partial charge in [0.1, 0.15) is 5.82 Å². The molecule has 0 spiro atoms. The lowest BCUT2D eigenvalue weighted by Crippen LogP contribution is -2.37. The standard InChI is InChI=1S/C17H21F3N6.HI/c1-21-16(26-12-14-5-2-3-8-22-14)24-10-4-9-23-15-7-6-13(11-25-15)17(18,19)20;/h2-3,5-8,11H,4,9-10,12H2,1H3,(H,23,25)(H2,21,24,26);1H. The van der Waals surface area contributed by atoms with Crippen LogP contribution >= 0.6 is 24.0 Å². The summed E-state index contributed by atoms with van der Waals surface area (Å²) in [7, 11) is 1.68. The second kappa shape index (κ2) is 11.6. The van der Waals surface area contributed by atoms with Gasteiger partial charge in [0.15, 0.2) is 5.96 Å². The van der Waals surface area contributed by atoms with Gasteiger partial charge < -0.3 is 16.0 Å². The number of halogens is 4. The Morgan fingerprint density at radius 3 is 2.48 bits per heavy atom. The molecular weight excluding hydrogens is 472 g/mol. The molecule has 0 saturated carbocycles. The molecule has 6 nitrogen and oxygen atoms in total. The van der Waals surface area contributed by atoms with Crippen LogP contribution < -0.4 is 16.0 Å². The highest BCUT2D eigenvalue weighted by molar-refractivity contribution is 14.0. The summed E-state index contributed by atoms with van der Waals surface area (Å²) >= 11 is 0. The molecule has 2 aromatic rings. The lowest BCUT2D eigenvalue weighted by atomic mass is 10.3. The van der Waals surface area contributed by atoms with Crippen molar-refractivity contribution in [1.82, 2.24) is 20.6 Å². The number of rotatable bonds is 7. The molecule has 0 aromatic carbocycles. The van der Waals surface area contributed by atoms with E-state index in [1.807, 2.05) is 18.2 Å². The maximum Gasteiger partial charge on any atom is 0.417 e. The van der Waals surface area contributed by atoms with Gasteiger partial charge in [-0.15, -0.1) is 24.0 Å². The zero-order valence-corrected chi connectivity index (χ0v) is 17.1. The highest BCUT2D eigenvalue weighted by Crippen LogP contribution is 2.28. The molecule has 0 saturated heterocycles. The molecule has 10 heteroatoms. The van der Waals surface area contributed by atoms with Crippen LogP contribution in [0.2, 0.25) is 0 Å². The fraction of sp³-hybridized carbons (Fsp3) is 0.353. The molecule has 0 aliphatic heterocycles. The summed E-state index contributed by atoms with van der Waals surface area (Å²) < 4.78 is 37.4. The molecule has 0 amide bonds. The molecule has 0 aliphatic carbocycles. The molecule has 2 rings (SSSR count). The van der Waals surface area contributed by atoms with Gasteiger partial charge in [0, 0.05) is 32.5 Å². The molecule has 0 fully saturated rings. The number of nitrogens with one attached hydrogen (secondary N) is 3. The fourth-order valence-corrected chi connectivity index (χ4v) is 2.08. The quantitative estimate of drug-likeness (QED) is 0.239. The molecule has 2 heterocycles. The van der Waals surface area contributed by atoms with Gasteiger partial charge in [-0.1, -0.05) is 6.07 Å². The first-order valence-electron chi connectivity index (χ1n) is 8.10. The number of aliphatic imine (C=N–C) groups is 1. The Morgan fingerprint density at radius 2 is 1.89 bits per heavy atom. The van der Waals surface area contributed by atoms with E-state index in [4.69, 9.17) is 0 Å². The molecule has 0 radical (unpaired) electrons. The summed E-state index contributed by atoms with van der Waals surface area (Å²) in [6.07, 6.45) is -1.07. The topological polar surface area (TPSA) is 74.2 Å². The second-order valence-electron chi connectivity index (χ2n) is 5.38. The van der Waals surface area contributed by atoms with Crippen molar-refractivity contribution in [2.75, 3.05) is 25.5 Å². The maximum atomic E-state index is 12.5. The number of nitrogens with zero attached hydrogens (tertiary/aromatic N) is 3. The van der Waals surface area contributed by atoms with Crippen molar-refractivity contribution in [2.24, 2.45) is 4.99 Å². The van der Waals surface area contributed by atoms with Crippen molar-refractivity contribution >= 4 is 35.8 Å². The van der Waals surface area contributed by atoms with Gasteiger partial charge in [0.05, 0.1) is 17.8 Å². The highest BCUT2D eigenvalue weighted by atomic mass is 127. The first-order chi connectivity index (χ1) is 12.5. The Morgan fingerprint density at radius 1 is 1.07 bits per heavy atom. The summed E-state index contributed by atoms with van der Waals surface area (Å²) in [5, 5.41) is 9.29. The first-order valence-corrected chi connectivity index (χ1v) is 8.10. The Labute approximate surface area is 173 Å². The third-order valence-corrected chi connectivity index (χ3v) is 3.43. The zero-order chi connectivity index (χ0) is 18.8. The third-order valence-electron chi connectivity index (χ3n) is 3.43. The van der Waals surface area contributed by atoms with E-state index in [9.17, 15) is 13.2 Å². The van der Waals surface area contributed by atoms with Crippen molar-refractivity contribution in [3.05, 3.63) is 54.0 Å². The summed E-state index contributed by atoms with van der Waals surface area (Å²) in [4.78, 5) is 12.1. The number of aromatic nitrogens is 2. The Balaban J connectivity index is 0.00000364. The van der Waals surface area contributed by atoms with Crippen molar-refractivity contribution in [3.8, 4) is 0 Å². The van der Waals surface area contributed by atoms with Gasteiger partial charge in [-0.25, -0.2) is 4.98 Å². The van der Waals surface area contributed by atoms with E-state index in [0.717, 1.165) is 24.4 Å². The van der Waals surface area contributed by atoms with Crippen LogP contribution in [0.15, 0.2) is 47.7 Å². The van der Waals surface area contributed by atoms with Crippen molar-refractivity contribution in [3.63, 3.8) is 0 Å².